The Labute approximate surface area is 197 Å². The van der Waals surface area contributed by atoms with Crippen LogP contribution in [-0.2, 0) is 32.2 Å². The third kappa shape index (κ3) is 7.10. The number of halogens is 2. The molecule has 7 nitrogen and oxygen atoms in total. The van der Waals surface area contributed by atoms with Gasteiger partial charge in [-0.3, -0.25) is 4.79 Å². The van der Waals surface area contributed by atoms with Crippen molar-refractivity contribution in [2.45, 2.75) is 32.3 Å². The summed E-state index contributed by atoms with van der Waals surface area (Å²) >= 11 is 12.3. The van der Waals surface area contributed by atoms with Crippen molar-refractivity contribution in [3.63, 3.8) is 0 Å². The van der Waals surface area contributed by atoms with Gasteiger partial charge in [0.15, 0.2) is 0 Å². The van der Waals surface area contributed by atoms with E-state index in [1.807, 2.05) is 30.3 Å². The Balaban J connectivity index is 1.42. The van der Waals surface area contributed by atoms with Crippen LogP contribution >= 0.6 is 23.2 Å². The van der Waals surface area contributed by atoms with E-state index in [1.54, 1.807) is 30.0 Å². The molecule has 2 aromatic rings. The summed E-state index contributed by atoms with van der Waals surface area (Å²) < 4.78 is 16.6. The Morgan fingerprint density at radius 1 is 1.12 bits per heavy atom. The first kappa shape index (κ1) is 24.3. The van der Waals surface area contributed by atoms with Gasteiger partial charge in [0.25, 0.3) is 0 Å². The highest BCUT2D eigenvalue weighted by Crippen LogP contribution is 2.25. The van der Waals surface area contributed by atoms with Gasteiger partial charge in [-0.25, -0.2) is 4.79 Å². The van der Waals surface area contributed by atoms with Crippen molar-refractivity contribution in [1.82, 2.24) is 10.2 Å². The summed E-state index contributed by atoms with van der Waals surface area (Å²) in [5.41, 5.74) is 1.59. The van der Waals surface area contributed by atoms with Crippen molar-refractivity contribution in [2.24, 2.45) is 0 Å². The lowest BCUT2D eigenvalue weighted by Crippen LogP contribution is -2.53. The zero-order valence-corrected chi connectivity index (χ0v) is 19.3. The summed E-state index contributed by atoms with van der Waals surface area (Å²) in [6.45, 7) is 3.49. The number of nitrogens with one attached hydrogen (secondary N) is 1. The molecule has 1 fully saturated rings. The monoisotopic (exact) mass is 480 g/mol. The lowest BCUT2D eigenvalue weighted by atomic mass is 10.2. The molecule has 32 heavy (non-hydrogen) atoms. The predicted octanol–water partition coefficient (Wildman–Crippen LogP) is 4.05. The van der Waals surface area contributed by atoms with E-state index >= 15 is 0 Å². The van der Waals surface area contributed by atoms with E-state index in [4.69, 9.17) is 37.4 Å². The Kier molecular flexibility index (Phi) is 9.17. The number of carbonyl (C=O) groups is 2. The lowest BCUT2D eigenvalue weighted by molar-refractivity contribution is -0.143. The molecule has 2 amide bonds. The number of alkyl carbamates (subject to hydrolysis) is 1. The van der Waals surface area contributed by atoms with Crippen LogP contribution in [-0.4, -0.2) is 55.3 Å². The van der Waals surface area contributed by atoms with E-state index in [0.29, 0.717) is 35.3 Å². The molecule has 9 heteroatoms. The van der Waals surface area contributed by atoms with E-state index in [2.05, 4.69) is 5.32 Å². The SMILES string of the molecule is CC(NC(=O)OCc1ccccc1)C(=O)N1CCOC(COCc2c(Cl)cccc2Cl)C1. The van der Waals surface area contributed by atoms with Gasteiger partial charge in [0.05, 0.1) is 25.9 Å². The summed E-state index contributed by atoms with van der Waals surface area (Å²) in [6.07, 6.45) is -0.925. The van der Waals surface area contributed by atoms with Gasteiger partial charge in [-0.2, -0.15) is 0 Å². The fraction of sp³-hybridized carbons (Fsp3) is 0.391. The third-order valence-corrected chi connectivity index (χ3v) is 5.69. The van der Waals surface area contributed by atoms with Crippen molar-refractivity contribution in [3.05, 3.63) is 69.7 Å². The number of morpholine rings is 1. The summed E-state index contributed by atoms with van der Waals surface area (Å²) in [6, 6.07) is 13.9. The van der Waals surface area contributed by atoms with Crippen molar-refractivity contribution < 1.29 is 23.8 Å². The van der Waals surface area contributed by atoms with Crippen molar-refractivity contribution in [2.75, 3.05) is 26.3 Å². The topological polar surface area (TPSA) is 77.1 Å². The summed E-state index contributed by atoms with van der Waals surface area (Å²) in [5.74, 6) is -0.205. The third-order valence-electron chi connectivity index (χ3n) is 4.98. The quantitative estimate of drug-likeness (QED) is 0.616. The maximum Gasteiger partial charge on any atom is 0.408 e. The molecule has 0 aromatic heterocycles. The molecule has 0 bridgehead atoms. The normalized spacial score (nSPS) is 17.0. The molecular formula is C23H26Cl2N2O5. The van der Waals surface area contributed by atoms with Crippen LogP contribution in [0, 0.1) is 0 Å². The van der Waals surface area contributed by atoms with E-state index in [0.717, 1.165) is 5.56 Å². The number of amides is 2. The van der Waals surface area contributed by atoms with Crippen LogP contribution in [0.2, 0.25) is 10.0 Å². The Morgan fingerprint density at radius 2 is 1.84 bits per heavy atom. The van der Waals surface area contributed by atoms with Gasteiger partial charge in [-0.1, -0.05) is 59.6 Å². The zero-order valence-electron chi connectivity index (χ0n) is 17.8. The molecule has 1 aliphatic heterocycles. The van der Waals surface area contributed by atoms with Gasteiger partial charge in [-0.05, 0) is 24.6 Å². The van der Waals surface area contributed by atoms with Crippen LogP contribution in [0.5, 0.6) is 0 Å². The Hall–Kier alpha value is -2.32. The van der Waals surface area contributed by atoms with Gasteiger partial charge in [0, 0.05) is 28.7 Å². The van der Waals surface area contributed by atoms with Crippen LogP contribution < -0.4 is 5.32 Å². The number of nitrogens with zero attached hydrogens (tertiary/aromatic N) is 1. The van der Waals surface area contributed by atoms with E-state index in [1.165, 1.54) is 0 Å². The summed E-state index contributed by atoms with van der Waals surface area (Å²) in [7, 11) is 0. The molecule has 172 valence electrons. The number of rotatable bonds is 8. The number of hydrogen-bond donors (Lipinski definition) is 1. The predicted molar refractivity (Wildman–Crippen MR) is 122 cm³/mol. The highest BCUT2D eigenvalue weighted by Gasteiger charge is 2.28. The molecule has 0 radical (unpaired) electrons. The van der Waals surface area contributed by atoms with Crippen LogP contribution in [0.3, 0.4) is 0 Å². The minimum absolute atomic E-state index is 0.139. The van der Waals surface area contributed by atoms with E-state index in [9.17, 15) is 9.59 Å². The van der Waals surface area contributed by atoms with E-state index in [-0.39, 0.29) is 31.8 Å². The number of carbonyl (C=O) groups excluding carboxylic acids is 2. The minimum atomic E-state index is -0.722. The second-order valence-electron chi connectivity index (χ2n) is 7.42. The second kappa shape index (κ2) is 12.1. The molecule has 2 unspecified atom stereocenters. The first-order valence-electron chi connectivity index (χ1n) is 10.3. The van der Waals surface area contributed by atoms with Crippen LogP contribution in [0.25, 0.3) is 0 Å². The molecule has 0 aliphatic carbocycles. The van der Waals surface area contributed by atoms with Crippen LogP contribution in [0.15, 0.2) is 48.5 Å². The van der Waals surface area contributed by atoms with Gasteiger partial charge in [0.1, 0.15) is 12.6 Å². The fourth-order valence-corrected chi connectivity index (χ4v) is 3.77. The lowest BCUT2D eigenvalue weighted by Gasteiger charge is -2.34. The average Bonchev–Trinajstić information content (AvgIpc) is 2.80. The number of benzene rings is 2. The highest BCUT2D eigenvalue weighted by atomic mass is 35.5. The average molecular weight is 481 g/mol. The molecule has 1 N–H and O–H groups in total. The number of ether oxygens (including phenoxy) is 3. The smallest absolute Gasteiger partial charge is 0.408 e. The standard InChI is InChI=1S/C23H26Cl2N2O5/c1-16(26-23(29)32-13-17-6-3-2-4-7-17)22(28)27-10-11-31-18(12-27)14-30-15-19-20(24)8-5-9-21(19)25/h2-9,16,18H,10-15H2,1H3,(H,26,29). The molecule has 0 spiro atoms. The highest BCUT2D eigenvalue weighted by molar-refractivity contribution is 6.35. The van der Waals surface area contributed by atoms with Crippen molar-refractivity contribution in [3.8, 4) is 0 Å². The van der Waals surface area contributed by atoms with Crippen LogP contribution in [0.1, 0.15) is 18.1 Å². The molecule has 2 aromatic carbocycles. The van der Waals surface area contributed by atoms with E-state index < -0.39 is 12.1 Å². The molecule has 1 aliphatic rings. The van der Waals surface area contributed by atoms with Gasteiger partial charge >= 0.3 is 6.09 Å². The number of hydrogen-bond acceptors (Lipinski definition) is 5. The first-order chi connectivity index (χ1) is 15.4. The molecule has 0 saturated carbocycles. The molecule has 1 saturated heterocycles. The molecule has 2 atom stereocenters. The molecular weight excluding hydrogens is 455 g/mol. The van der Waals surface area contributed by atoms with Gasteiger partial charge < -0.3 is 24.4 Å². The molecule has 3 rings (SSSR count). The molecule has 1 heterocycles. The maximum absolute atomic E-state index is 12.8. The van der Waals surface area contributed by atoms with Gasteiger partial charge in [0.2, 0.25) is 5.91 Å². The van der Waals surface area contributed by atoms with Crippen LogP contribution in [0.4, 0.5) is 4.79 Å². The van der Waals surface area contributed by atoms with Gasteiger partial charge in [-0.15, -0.1) is 0 Å². The Bertz CT molecular complexity index is 892. The second-order valence-corrected chi connectivity index (χ2v) is 8.23. The first-order valence-corrected chi connectivity index (χ1v) is 11.1. The van der Waals surface area contributed by atoms with Crippen molar-refractivity contribution in [1.29, 1.82) is 0 Å². The fourth-order valence-electron chi connectivity index (χ4n) is 3.26. The largest absolute Gasteiger partial charge is 0.445 e. The Morgan fingerprint density at radius 3 is 2.56 bits per heavy atom. The summed E-state index contributed by atoms with van der Waals surface area (Å²) in [5, 5.41) is 3.66. The summed E-state index contributed by atoms with van der Waals surface area (Å²) in [4.78, 5) is 26.5. The maximum atomic E-state index is 12.8. The van der Waals surface area contributed by atoms with Crippen molar-refractivity contribution >= 4 is 35.2 Å². The zero-order chi connectivity index (χ0) is 22.9. The minimum Gasteiger partial charge on any atom is -0.445 e.